The molecule has 1 aromatic carbocycles. The lowest BCUT2D eigenvalue weighted by Crippen LogP contribution is -2.38. The predicted molar refractivity (Wildman–Crippen MR) is 79.0 cm³/mol. The van der Waals surface area contributed by atoms with Crippen molar-refractivity contribution in [1.82, 2.24) is 5.32 Å². The number of hydrogen-bond acceptors (Lipinski definition) is 3. The van der Waals surface area contributed by atoms with Crippen molar-refractivity contribution in [3.05, 3.63) is 29.3 Å². The van der Waals surface area contributed by atoms with Crippen molar-refractivity contribution < 1.29 is 8.42 Å². The summed E-state index contributed by atoms with van der Waals surface area (Å²) in [5.41, 5.74) is 2.80. The Balaban J connectivity index is 2.24. The van der Waals surface area contributed by atoms with Gasteiger partial charge in [0.05, 0.1) is 10.9 Å². The molecule has 19 heavy (non-hydrogen) atoms. The molecule has 0 atom stereocenters. The second-order valence-corrected chi connectivity index (χ2v) is 7.02. The fraction of sp³-hybridized carbons (Fsp3) is 0.571. The molecule has 0 unspecified atom stereocenters. The number of nitrogens with one attached hydrogen (secondary N) is 2. The molecule has 1 aromatic rings. The maximum atomic E-state index is 12.4. The third-order valence-electron chi connectivity index (χ3n) is 3.71. The molecular weight excluding hydrogens is 260 g/mol. The van der Waals surface area contributed by atoms with Crippen molar-refractivity contribution in [2.24, 2.45) is 0 Å². The normalized spacial score (nSPS) is 17.4. The molecule has 1 fully saturated rings. The van der Waals surface area contributed by atoms with E-state index < -0.39 is 10.0 Å². The molecule has 0 amide bonds. The number of hydrogen-bond donors (Lipinski definition) is 2. The van der Waals surface area contributed by atoms with Crippen LogP contribution in [-0.2, 0) is 16.4 Å². The maximum Gasteiger partial charge on any atom is 0.235 e. The summed E-state index contributed by atoms with van der Waals surface area (Å²) in [6.45, 7) is 5.54. The third-order valence-corrected chi connectivity index (χ3v) is 5.55. The van der Waals surface area contributed by atoms with Gasteiger partial charge in [-0.05, 0) is 50.4 Å². The van der Waals surface area contributed by atoms with Gasteiger partial charge in [-0.15, -0.1) is 0 Å². The zero-order valence-electron chi connectivity index (χ0n) is 11.6. The summed E-state index contributed by atoms with van der Waals surface area (Å²) in [5, 5.41) is 2.91. The third kappa shape index (κ3) is 3.28. The molecule has 0 radical (unpaired) electrons. The molecule has 1 heterocycles. The Bertz CT molecular complexity index is 534. The largest absolute Gasteiger partial charge is 0.317 e. The molecule has 1 saturated heterocycles. The average molecular weight is 282 g/mol. The highest BCUT2D eigenvalue weighted by Crippen LogP contribution is 2.25. The zero-order chi connectivity index (χ0) is 13.9. The first-order chi connectivity index (χ1) is 9.04. The van der Waals surface area contributed by atoms with Crippen molar-refractivity contribution in [1.29, 1.82) is 0 Å². The lowest BCUT2D eigenvalue weighted by Gasteiger charge is -2.24. The molecule has 5 heteroatoms. The number of sulfonamides is 1. The molecule has 1 aliphatic heterocycles. The SMILES string of the molecule is CCc1cccc(C)c1NS(=O)(=O)C1CCNCC1. The molecule has 2 rings (SSSR count). The van der Waals surface area contributed by atoms with Gasteiger partial charge in [-0.2, -0.15) is 0 Å². The minimum Gasteiger partial charge on any atom is -0.317 e. The van der Waals surface area contributed by atoms with Crippen LogP contribution in [0.25, 0.3) is 0 Å². The summed E-state index contributed by atoms with van der Waals surface area (Å²) in [7, 11) is -3.28. The monoisotopic (exact) mass is 282 g/mol. The van der Waals surface area contributed by atoms with Crippen molar-refractivity contribution in [3.8, 4) is 0 Å². The van der Waals surface area contributed by atoms with Crippen LogP contribution < -0.4 is 10.0 Å². The van der Waals surface area contributed by atoms with Gasteiger partial charge in [-0.25, -0.2) is 8.42 Å². The summed E-state index contributed by atoms with van der Waals surface area (Å²) in [4.78, 5) is 0. The standard InChI is InChI=1S/C14H22N2O2S/c1-3-12-6-4-5-11(2)14(12)16-19(17,18)13-7-9-15-10-8-13/h4-6,13,15-16H,3,7-10H2,1-2H3. The second kappa shape index (κ2) is 5.92. The summed E-state index contributed by atoms with van der Waals surface area (Å²) in [6.07, 6.45) is 2.19. The molecule has 106 valence electrons. The van der Waals surface area contributed by atoms with E-state index >= 15 is 0 Å². The van der Waals surface area contributed by atoms with Gasteiger partial charge >= 0.3 is 0 Å². The van der Waals surface area contributed by atoms with Crippen LogP contribution in [0.3, 0.4) is 0 Å². The smallest absolute Gasteiger partial charge is 0.235 e. The van der Waals surface area contributed by atoms with Gasteiger partial charge in [0, 0.05) is 0 Å². The number of rotatable bonds is 4. The van der Waals surface area contributed by atoms with E-state index in [9.17, 15) is 8.42 Å². The van der Waals surface area contributed by atoms with Crippen molar-refractivity contribution >= 4 is 15.7 Å². The summed E-state index contributed by atoms with van der Waals surface area (Å²) in [6, 6.07) is 5.89. The van der Waals surface area contributed by atoms with E-state index in [4.69, 9.17) is 0 Å². The van der Waals surface area contributed by atoms with Crippen LogP contribution in [0, 0.1) is 6.92 Å². The van der Waals surface area contributed by atoms with Gasteiger partial charge in [0.2, 0.25) is 10.0 Å². The molecule has 0 bridgehead atoms. The Morgan fingerprint density at radius 1 is 1.32 bits per heavy atom. The molecule has 4 nitrogen and oxygen atoms in total. The summed E-state index contributed by atoms with van der Waals surface area (Å²) in [5.74, 6) is 0. The Morgan fingerprint density at radius 2 is 2.00 bits per heavy atom. The topological polar surface area (TPSA) is 58.2 Å². The summed E-state index contributed by atoms with van der Waals surface area (Å²) >= 11 is 0. The maximum absolute atomic E-state index is 12.4. The van der Waals surface area contributed by atoms with Crippen molar-refractivity contribution in [2.45, 2.75) is 38.4 Å². The van der Waals surface area contributed by atoms with E-state index in [1.165, 1.54) is 0 Å². The van der Waals surface area contributed by atoms with Crippen LogP contribution in [0.4, 0.5) is 5.69 Å². The van der Waals surface area contributed by atoms with E-state index in [-0.39, 0.29) is 5.25 Å². The van der Waals surface area contributed by atoms with Crippen LogP contribution in [0.1, 0.15) is 30.9 Å². The van der Waals surface area contributed by atoms with Crippen LogP contribution >= 0.6 is 0 Å². The van der Waals surface area contributed by atoms with Gasteiger partial charge < -0.3 is 5.32 Å². The van der Waals surface area contributed by atoms with Crippen molar-refractivity contribution in [2.75, 3.05) is 17.8 Å². The quantitative estimate of drug-likeness (QED) is 0.888. The minimum atomic E-state index is -3.28. The number of piperidine rings is 1. The van der Waals surface area contributed by atoms with E-state index in [0.717, 1.165) is 36.3 Å². The second-order valence-electron chi connectivity index (χ2n) is 5.06. The molecule has 0 aromatic heterocycles. The molecule has 2 N–H and O–H groups in total. The number of benzene rings is 1. The molecule has 0 spiro atoms. The number of aryl methyl sites for hydroxylation is 2. The fourth-order valence-corrected chi connectivity index (χ4v) is 4.10. The Labute approximate surface area is 115 Å². The lowest BCUT2D eigenvalue weighted by atomic mass is 10.1. The average Bonchev–Trinajstić information content (AvgIpc) is 2.42. The van der Waals surface area contributed by atoms with Gasteiger partial charge in [0.15, 0.2) is 0 Å². The van der Waals surface area contributed by atoms with Gasteiger partial charge in [0.1, 0.15) is 0 Å². The Kier molecular flexibility index (Phi) is 4.47. The first-order valence-electron chi connectivity index (χ1n) is 6.85. The van der Waals surface area contributed by atoms with Crippen LogP contribution in [-0.4, -0.2) is 26.8 Å². The van der Waals surface area contributed by atoms with Crippen LogP contribution in [0.5, 0.6) is 0 Å². The first kappa shape index (κ1) is 14.3. The van der Waals surface area contributed by atoms with E-state index in [1.807, 2.05) is 32.0 Å². The fourth-order valence-electron chi connectivity index (χ4n) is 2.50. The van der Waals surface area contributed by atoms with Crippen molar-refractivity contribution in [3.63, 3.8) is 0 Å². The van der Waals surface area contributed by atoms with E-state index in [1.54, 1.807) is 0 Å². The Morgan fingerprint density at radius 3 is 2.63 bits per heavy atom. The molecule has 0 saturated carbocycles. The lowest BCUT2D eigenvalue weighted by molar-refractivity contribution is 0.499. The minimum absolute atomic E-state index is 0.280. The molecule has 0 aliphatic carbocycles. The summed E-state index contributed by atoms with van der Waals surface area (Å²) < 4.78 is 27.7. The van der Waals surface area contributed by atoms with Gasteiger partial charge in [-0.1, -0.05) is 25.1 Å². The van der Waals surface area contributed by atoms with E-state index in [2.05, 4.69) is 10.0 Å². The number of anilines is 1. The predicted octanol–water partition coefficient (Wildman–Crippen LogP) is 2.05. The van der Waals surface area contributed by atoms with Gasteiger partial charge in [0.25, 0.3) is 0 Å². The van der Waals surface area contributed by atoms with Gasteiger partial charge in [-0.3, -0.25) is 4.72 Å². The highest BCUT2D eigenvalue weighted by atomic mass is 32.2. The molecular formula is C14H22N2O2S. The highest BCUT2D eigenvalue weighted by Gasteiger charge is 2.27. The van der Waals surface area contributed by atoms with Crippen LogP contribution in [0.2, 0.25) is 0 Å². The Hall–Kier alpha value is -1.07. The molecule has 1 aliphatic rings. The first-order valence-corrected chi connectivity index (χ1v) is 8.40. The van der Waals surface area contributed by atoms with E-state index in [0.29, 0.717) is 12.8 Å². The number of para-hydroxylation sites is 1. The highest BCUT2D eigenvalue weighted by molar-refractivity contribution is 7.93. The van der Waals surface area contributed by atoms with Crippen LogP contribution in [0.15, 0.2) is 18.2 Å². The zero-order valence-corrected chi connectivity index (χ0v) is 12.4.